The highest BCUT2D eigenvalue weighted by molar-refractivity contribution is 6.30. The Labute approximate surface area is 137 Å². The maximum atomic E-state index is 12.5. The zero-order valence-electron chi connectivity index (χ0n) is 12.4. The second-order valence-corrected chi connectivity index (χ2v) is 5.80. The number of aromatic nitrogens is 3. The molecule has 1 amide bonds. The summed E-state index contributed by atoms with van der Waals surface area (Å²) in [6.45, 7) is 2.14. The van der Waals surface area contributed by atoms with Gasteiger partial charge < -0.3 is 10.0 Å². The van der Waals surface area contributed by atoms with E-state index in [1.54, 1.807) is 31.2 Å². The molecule has 1 aliphatic heterocycles. The zero-order chi connectivity index (χ0) is 16.6. The quantitative estimate of drug-likeness (QED) is 0.926. The molecule has 3 rings (SSSR count). The Hall–Kier alpha value is -2.41. The molecule has 1 N–H and O–H groups in total. The van der Waals surface area contributed by atoms with Crippen LogP contribution in [0.25, 0.3) is 5.69 Å². The number of carbonyl (C=O) groups excluding carboxylic acids is 1. The number of carbonyl (C=O) groups is 2. The number of likely N-dealkylation sites (tertiary alicyclic amines) is 1. The van der Waals surface area contributed by atoms with Gasteiger partial charge in [-0.25, -0.2) is 14.5 Å². The van der Waals surface area contributed by atoms with Gasteiger partial charge in [0.1, 0.15) is 11.9 Å². The van der Waals surface area contributed by atoms with E-state index in [9.17, 15) is 14.7 Å². The third-order valence-electron chi connectivity index (χ3n) is 3.83. The van der Waals surface area contributed by atoms with E-state index in [0.29, 0.717) is 30.2 Å². The average Bonchev–Trinajstić information content (AvgIpc) is 3.14. The van der Waals surface area contributed by atoms with Crippen LogP contribution in [0.1, 0.15) is 29.3 Å². The molecule has 0 bridgehead atoms. The molecule has 7 nitrogen and oxygen atoms in total. The fourth-order valence-corrected chi connectivity index (χ4v) is 2.83. The van der Waals surface area contributed by atoms with Gasteiger partial charge in [-0.1, -0.05) is 11.6 Å². The zero-order valence-corrected chi connectivity index (χ0v) is 13.2. The highest BCUT2D eigenvalue weighted by atomic mass is 35.5. The Bertz CT molecular complexity index is 757. The first-order chi connectivity index (χ1) is 11.0. The van der Waals surface area contributed by atoms with Gasteiger partial charge in [0.15, 0.2) is 0 Å². The number of amides is 1. The molecule has 1 saturated heterocycles. The molecule has 0 radical (unpaired) electrons. The standard InChI is InChI=1S/C15H15ClN4O3/c1-9-17-13(14(21)19-8-2-3-12(19)15(22)23)18-20(9)11-6-4-10(16)5-7-11/h4-7,12H,2-3,8H2,1H3,(H,22,23). The number of rotatable bonds is 3. The SMILES string of the molecule is Cc1nc(C(=O)N2CCCC2C(=O)O)nn1-c1ccc(Cl)cc1. The lowest BCUT2D eigenvalue weighted by Gasteiger charge is -2.19. The smallest absolute Gasteiger partial charge is 0.326 e. The third-order valence-corrected chi connectivity index (χ3v) is 4.08. The molecule has 8 heteroatoms. The van der Waals surface area contributed by atoms with Crippen LogP contribution in [0.5, 0.6) is 0 Å². The molecule has 0 saturated carbocycles. The summed E-state index contributed by atoms with van der Waals surface area (Å²) in [6.07, 6.45) is 1.12. The highest BCUT2D eigenvalue weighted by Crippen LogP contribution is 2.20. The minimum absolute atomic E-state index is 0.00519. The predicted molar refractivity (Wildman–Crippen MR) is 82.8 cm³/mol. The molecule has 1 atom stereocenters. The number of aryl methyl sites for hydroxylation is 1. The van der Waals surface area contributed by atoms with E-state index in [1.807, 2.05) is 0 Å². The molecule has 1 aromatic carbocycles. The second-order valence-electron chi connectivity index (χ2n) is 5.37. The molecule has 0 spiro atoms. The van der Waals surface area contributed by atoms with Crippen LogP contribution < -0.4 is 0 Å². The van der Waals surface area contributed by atoms with Gasteiger partial charge in [-0.2, -0.15) is 0 Å². The van der Waals surface area contributed by atoms with Crippen LogP contribution in [0, 0.1) is 6.92 Å². The van der Waals surface area contributed by atoms with Crippen molar-refractivity contribution in [3.8, 4) is 5.69 Å². The fraction of sp³-hybridized carbons (Fsp3) is 0.333. The summed E-state index contributed by atoms with van der Waals surface area (Å²) in [6, 6.07) is 6.19. The summed E-state index contributed by atoms with van der Waals surface area (Å²) in [4.78, 5) is 29.2. The summed E-state index contributed by atoms with van der Waals surface area (Å²) in [5.74, 6) is -0.900. The molecule has 1 fully saturated rings. The van der Waals surface area contributed by atoms with Crippen molar-refractivity contribution < 1.29 is 14.7 Å². The molecular weight excluding hydrogens is 320 g/mol. The largest absolute Gasteiger partial charge is 0.480 e. The average molecular weight is 335 g/mol. The van der Waals surface area contributed by atoms with E-state index in [2.05, 4.69) is 10.1 Å². The second kappa shape index (κ2) is 6.00. The summed E-state index contributed by atoms with van der Waals surface area (Å²) in [5.41, 5.74) is 0.731. The van der Waals surface area contributed by atoms with Crippen molar-refractivity contribution in [3.05, 3.63) is 40.9 Å². The first kappa shape index (κ1) is 15.5. The van der Waals surface area contributed by atoms with Crippen LogP contribution in [-0.2, 0) is 4.79 Å². The number of hydrogen-bond acceptors (Lipinski definition) is 4. The van der Waals surface area contributed by atoms with E-state index >= 15 is 0 Å². The van der Waals surface area contributed by atoms with Crippen molar-refractivity contribution in [1.82, 2.24) is 19.7 Å². The van der Waals surface area contributed by atoms with Crippen LogP contribution in [0.4, 0.5) is 0 Å². The molecule has 1 unspecified atom stereocenters. The number of carboxylic acids is 1. The normalized spacial score (nSPS) is 17.5. The van der Waals surface area contributed by atoms with Crippen LogP contribution in [0.2, 0.25) is 5.02 Å². The number of benzene rings is 1. The Morgan fingerprint density at radius 1 is 1.30 bits per heavy atom. The maximum Gasteiger partial charge on any atom is 0.326 e. The van der Waals surface area contributed by atoms with Crippen molar-refractivity contribution in [2.45, 2.75) is 25.8 Å². The molecule has 1 aromatic heterocycles. The lowest BCUT2D eigenvalue weighted by atomic mass is 10.2. The molecule has 0 aliphatic carbocycles. The summed E-state index contributed by atoms with van der Waals surface area (Å²) < 4.78 is 1.54. The van der Waals surface area contributed by atoms with E-state index in [-0.39, 0.29) is 5.82 Å². The van der Waals surface area contributed by atoms with Crippen LogP contribution in [0.15, 0.2) is 24.3 Å². The Balaban J connectivity index is 1.90. The van der Waals surface area contributed by atoms with Crippen LogP contribution in [-0.4, -0.2) is 49.2 Å². The Morgan fingerprint density at radius 3 is 2.65 bits per heavy atom. The number of halogens is 1. The van der Waals surface area contributed by atoms with E-state index < -0.39 is 17.9 Å². The van der Waals surface area contributed by atoms with Crippen LogP contribution in [0.3, 0.4) is 0 Å². The molecular formula is C15H15ClN4O3. The summed E-state index contributed by atoms with van der Waals surface area (Å²) in [5, 5.41) is 14.0. The summed E-state index contributed by atoms with van der Waals surface area (Å²) in [7, 11) is 0. The number of carboxylic acid groups (broad SMARTS) is 1. The first-order valence-electron chi connectivity index (χ1n) is 7.21. The predicted octanol–water partition coefficient (Wildman–Crippen LogP) is 1.92. The lowest BCUT2D eigenvalue weighted by molar-refractivity contribution is -0.141. The minimum Gasteiger partial charge on any atom is -0.480 e. The van der Waals surface area contributed by atoms with E-state index in [4.69, 9.17) is 11.6 Å². The van der Waals surface area contributed by atoms with Crippen molar-refractivity contribution >= 4 is 23.5 Å². The molecule has 1 aliphatic rings. The third kappa shape index (κ3) is 2.92. The molecule has 120 valence electrons. The van der Waals surface area contributed by atoms with Gasteiger partial charge in [-0.05, 0) is 44.0 Å². The van der Waals surface area contributed by atoms with Gasteiger partial charge in [-0.15, -0.1) is 5.10 Å². The van der Waals surface area contributed by atoms with Gasteiger partial charge in [0.2, 0.25) is 5.82 Å². The van der Waals surface area contributed by atoms with Gasteiger partial charge in [0, 0.05) is 11.6 Å². The molecule has 2 heterocycles. The lowest BCUT2D eigenvalue weighted by Crippen LogP contribution is -2.40. The Morgan fingerprint density at radius 2 is 2.00 bits per heavy atom. The topological polar surface area (TPSA) is 88.3 Å². The van der Waals surface area contributed by atoms with Gasteiger partial charge >= 0.3 is 5.97 Å². The van der Waals surface area contributed by atoms with Crippen molar-refractivity contribution in [1.29, 1.82) is 0 Å². The highest BCUT2D eigenvalue weighted by Gasteiger charge is 2.36. The van der Waals surface area contributed by atoms with E-state index in [1.165, 1.54) is 9.58 Å². The monoisotopic (exact) mass is 334 g/mol. The van der Waals surface area contributed by atoms with E-state index in [0.717, 1.165) is 5.69 Å². The van der Waals surface area contributed by atoms with Gasteiger partial charge in [-0.3, -0.25) is 4.79 Å². The van der Waals surface area contributed by atoms with Gasteiger partial charge in [0.25, 0.3) is 5.91 Å². The molecule has 2 aromatic rings. The van der Waals surface area contributed by atoms with Crippen molar-refractivity contribution in [2.24, 2.45) is 0 Å². The Kier molecular flexibility index (Phi) is 4.04. The van der Waals surface area contributed by atoms with Crippen molar-refractivity contribution in [3.63, 3.8) is 0 Å². The van der Waals surface area contributed by atoms with Crippen LogP contribution >= 0.6 is 11.6 Å². The molecule has 23 heavy (non-hydrogen) atoms. The number of aliphatic carboxylic acids is 1. The maximum absolute atomic E-state index is 12.5. The fourth-order valence-electron chi connectivity index (χ4n) is 2.70. The first-order valence-corrected chi connectivity index (χ1v) is 7.58. The number of nitrogens with zero attached hydrogens (tertiary/aromatic N) is 4. The number of hydrogen-bond donors (Lipinski definition) is 1. The van der Waals surface area contributed by atoms with Gasteiger partial charge in [0.05, 0.1) is 5.69 Å². The summed E-state index contributed by atoms with van der Waals surface area (Å²) >= 11 is 5.86. The minimum atomic E-state index is -0.996. The van der Waals surface area contributed by atoms with Crippen molar-refractivity contribution in [2.75, 3.05) is 6.54 Å².